The van der Waals surface area contributed by atoms with Crippen molar-refractivity contribution in [3.05, 3.63) is 35.1 Å². The molecule has 1 aromatic carbocycles. The van der Waals surface area contributed by atoms with Gasteiger partial charge in [-0.05, 0) is 25.6 Å². The number of rotatable bonds is 4. The number of thiazole rings is 1. The van der Waals surface area contributed by atoms with E-state index in [0.29, 0.717) is 10.6 Å². The smallest absolute Gasteiger partial charge is 0.137 e. The van der Waals surface area contributed by atoms with Crippen molar-refractivity contribution in [2.24, 2.45) is 0 Å². The second-order valence-electron chi connectivity index (χ2n) is 4.02. The molecule has 0 spiro atoms. The lowest BCUT2D eigenvalue weighted by Crippen LogP contribution is -2.17. The van der Waals surface area contributed by atoms with Crippen molar-refractivity contribution in [3.63, 3.8) is 0 Å². The first-order valence-corrected chi connectivity index (χ1v) is 6.67. The first-order valence-electron chi connectivity index (χ1n) is 5.79. The SMILES string of the molecule is CCNC(C)c1csc(-c2ccc(O)cc2F)n1. The molecule has 0 aliphatic heterocycles. The highest BCUT2D eigenvalue weighted by atomic mass is 32.1. The summed E-state index contributed by atoms with van der Waals surface area (Å²) in [5.74, 6) is -0.527. The average molecular weight is 266 g/mol. The Hall–Kier alpha value is -1.46. The van der Waals surface area contributed by atoms with E-state index in [1.54, 1.807) is 6.07 Å². The minimum atomic E-state index is -0.452. The van der Waals surface area contributed by atoms with E-state index in [1.807, 2.05) is 19.2 Å². The van der Waals surface area contributed by atoms with Crippen LogP contribution >= 0.6 is 11.3 Å². The highest BCUT2D eigenvalue weighted by Gasteiger charge is 2.13. The molecular weight excluding hydrogens is 251 g/mol. The Morgan fingerprint density at radius 3 is 2.94 bits per heavy atom. The normalized spacial score (nSPS) is 12.6. The van der Waals surface area contributed by atoms with Crippen molar-refractivity contribution in [2.45, 2.75) is 19.9 Å². The molecule has 3 nitrogen and oxygen atoms in total. The predicted molar refractivity (Wildman–Crippen MR) is 71.3 cm³/mol. The van der Waals surface area contributed by atoms with Crippen LogP contribution in [0.1, 0.15) is 25.6 Å². The topological polar surface area (TPSA) is 45.1 Å². The molecule has 18 heavy (non-hydrogen) atoms. The molecule has 1 atom stereocenters. The van der Waals surface area contributed by atoms with Gasteiger partial charge < -0.3 is 10.4 Å². The van der Waals surface area contributed by atoms with Crippen molar-refractivity contribution in [2.75, 3.05) is 6.54 Å². The van der Waals surface area contributed by atoms with Crippen LogP contribution < -0.4 is 5.32 Å². The van der Waals surface area contributed by atoms with Gasteiger partial charge in [0.2, 0.25) is 0 Å². The molecule has 5 heteroatoms. The Balaban J connectivity index is 2.29. The molecule has 96 valence electrons. The zero-order chi connectivity index (χ0) is 13.1. The van der Waals surface area contributed by atoms with Gasteiger partial charge in [-0.15, -0.1) is 11.3 Å². The minimum absolute atomic E-state index is 0.0750. The number of phenols is 1. The summed E-state index contributed by atoms with van der Waals surface area (Å²) >= 11 is 1.40. The molecule has 0 saturated carbocycles. The molecule has 1 aromatic heterocycles. The van der Waals surface area contributed by atoms with Crippen molar-refractivity contribution < 1.29 is 9.50 Å². The lowest BCUT2D eigenvalue weighted by molar-refractivity contribution is 0.469. The van der Waals surface area contributed by atoms with Crippen molar-refractivity contribution in [1.29, 1.82) is 0 Å². The van der Waals surface area contributed by atoms with E-state index in [4.69, 9.17) is 0 Å². The summed E-state index contributed by atoms with van der Waals surface area (Å²) in [5.41, 5.74) is 1.33. The lowest BCUT2D eigenvalue weighted by Gasteiger charge is -2.08. The van der Waals surface area contributed by atoms with Gasteiger partial charge in [-0.2, -0.15) is 0 Å². The number of hydrogen-bond donors (Lipinski definition) is 2. The van der Waals surface area contributed by atoms with Crippen LogP contribution in [0.2, 0.25) is 0 Å². The summed E-state index contributed by atoms with van der Waals surface area (Å²) in [7, 11) is 0. The fourth-order valence-corrected chi connectivity index (χ4v) is 2.64. The van der Waals surface area contributed by atoms with Crippen molar-refractivity contribution in [3.8, 4) is 16.3 Å². The van der Waals surface area contributed by atoms with E-state index >= 15 is 0 Å². The summed E-state index contributed by atoms with van der Waals surface area (Å²) in [6.07, 6.45) is 0. The van der Waals surface area contributed by atoms with Crippen LogP contribution in [0.25, 0.3) is 10.6 Å². The number of halogens is 1. The molecule has 0 radical (unpaired) electrons. The molecule has 0 aliphatic carbocycles. The quantitative estimate of drug-likeness (QED) is 0.892. The number of benzene rings is 1. The van der Waals surface area contributed by atoms with E-state index in [1.165, 1.54) is 17.4 Å². The number of phenolic OH excluding ortho intramolecular Hbond substituents is 1. The van der Waals surface area contributed by atoms with Gasteiger partial charge in [-0.1, -0.05) is 6.92 Å². The number of hydrogen-bond acceptors (Lipinski definition) is 4. The molecule has 0 amide bonds. The minimum Gasteiger partial charge on any atom is -0.508 e. The van der Waals surface area contributed by atoms with E-state index in [9.17, 15) is 9.50 Å². The molecule has 1 heterocycles. The molecule has 0 saturated heterocycles. The molecule has 2 N–H and O–H groups in total. The summed E-state index contributed by atoms with van der Waals surface area (Å²) in [6, 6.07) is 4.27. The van der Waals surface area contributed by atoms with E-state index in [0.717, 1.165) is 18.3 Å². The zero-order valence-corrected chi connectivity index (χ0v) is 11.1. The maximum Gasteiger partial charge on any atom is 0.137 e. The number of aromatic hydroxyl groups is 1. The van der Waals surface area contributed by atoms with Gasteiger partial charge in [0, 0.05) is 23.1 Å². The van der Waals surface area contributed by atoms with E-state index in [2.05, 4.69) is 10.3 Å². The maximum absolute atomic E-state index is 13.7. The van der Waals surface area contributed by atoms with Crippen LogP contribution in [-0.2, 0) is 0 Å². The van der Waals surface area contributed by atoms with Gasteiger partial charge in [0.05, 0.1) is 5.69 Å². The number of nitrogens with zero attached hydrogens (tertiary/aromatic N) is 1. The Kier molecular flexibility index (Phi) is 3.93. The average Bonchev–Trinajstić information content (AvgIpc) is 2.78. The van der Waals surface area contributed by atoms with Gasteiger partial charge >= 0.3 is 0 Å². The van der Waals surface area contributed by atoms with E-state index < -0.39 is 5.82 Å². The molecule has 1 unspecified atom stereocenters. The number of nitrogens with one attached hydrogen (secondary N) is 1. The summed E-state index contributed by atoms with van der Waals surface area (Å²) < 4.78 is 13.7. The first kappa shape index (κ1) is 13.0. The number of aromatic nitrogens is 1. The third kappa shape index (κ3) is 2.68. The molecule has 2 aromatic rings. The van der Waals surface area contributed by atoms with Crippen LogP contribution in [0.4, 0.5) is 4.39 Å². The largest absolute Gasteiger partial charge is 0.508 e. The van der Waals surface area contributed by atoms with Crippen LogP contribution in [0.15, 0.2) is 23.6 Å². The van der Waals surface area contributed by atoms with Gasteiger partial charge in [0.15, 0.2) is 0 Å². The third-order valence-corrected chi connectivity index (χ3v) is 3.55. The van der Waals surface area contributed by atoms with Crippen molar-refractivity contribution in [1.82, 2.24) is 10.3 Å². The summed E-state index contributed by atoms with van der Waals surface area (Å²) in [6.45, 7) is 4.92. The highest BCUT2D eigenvalue weighted by molar-refractivity contribution is 7.13. The standard InChI is InChI=1S/C13H15FN2OS/c1-3-15-8(2)12-7-18-13(16-12)10-5-4-9(17)6-11(10)14/h4-8,15,17H,3H2,1-2H3. The van der Waals surface area contributed by atoms with Crippen LogP contribution in [0.3, 0.4) is 0 Å². The van der Waals surface area contributed by atoms with Crippen LogP contribution in [0, 0.1) is 5.82 Å². The third-order valence-electron chi connectivity index (χ3n) is 2.66. The molecule has 0 bridgehead atoms. The predicted octanol–water partition coefficient (Wildman–Crippen LogP) is 3.33. The van der Waals surface area contributed by atoms with Gasteiger partial charge in [-0.25, -0.2) is 9.37 Å². The molecule has 0 aliphatic rings. The second-order valence-corrected chi connectivity index (χ2v) is 4.88. The van der Waals surface area contributed by atoms with Crippen LogP contribution in [0.5, 0.6) is 5.75 Å². The molecule has 2 rings (SSSR count). The Morgan fingerprint density at radius 1 is 1.50 bits per heavy atom. The molecule has 0 fully saturated rings. The van der Waals surface area contributed by atoms with Crippen molar-refractivity contribution >= 4 is 11.3 Å². The fraction of sp³-hybridized carbons (Fsp3) is 0.308. The Morgan fingerprint density at radius 2 is 2.28 bits per heavy atom. The zero-order valence-electron chi connectivity index (χ0n) is 10.3. The summed E-state index contributed by atoms with van der Waals surface area (Å²) in [5, 5.41) is 15.0. The highest BCUT2D eigenvalue weighted by Crippen LogP contribution is 2.29. The van der Waals surface area contributed by atoms with Crippen LogP contribution in [-0.4, -0.2) is 16.6 Å². The Labute approximate surface area is 109 Å². The second kappa shape index (κ2) is 5.46. The van der Waals surface area contributed by atoms with Gasteiger partial charge in [-0.3, -0.25) is 0 Å². The maximum atomic E-state index is 13.7. The Bertz CT molecular complexity index is 542. The first-order chi connectivity index (χ1) is 8.61. The van der Waals surface area contributed by atoms with Gasteiger partial charge in [0.1, 0.15) is 16.6 Å². The van der Waals surface area contributed by atoms with Gasteiger partial charge in [0.25, 0.3) is 0 Å². The van der Waals surface area contributed by atoms with E-state index in [-0.39, 0.29) is 11.8 Å². The monoisotopic (exact) mass is 266 g/mol. The fourth-order valence-electron chi connectivity index (χ4n) is 1.70. The molecular formula is C13H15FN2OS. The lowest BCUT2D eigenvalue weighted by atomic mass is 10.2. The summed E-state index contributed by atoms with van der Waals surface area (Å²) in [4.78, 5) is 4.42.